The molecule has 1 saturated heterocycles. The minimum atomic E-state index is -4.12. The molecule has 0 spiro atoms. The minimum absolute atomic E-state index is 0.124. The predicted octanol–water partition coefficient (Wildman–Crippen LogP) is 1.76. The Hall–Kier alpha value is -2.92. The lowest BCUT2D eigenvalue weighted by Crippen LogP contribution is -2.49. The maximum absolute atomic E-state index is 14.0. The number of hydrogen-bond acceptors (Lipinski definition) is 6. The first-order valence-electron chi connectivity index (χ1n) is 8.89. The Balaban J connectivity index is 1.50. The van der Waals surface area contributed by atoms with E-state index in [0.29, 0.717) is 30.8 Å². The number of benzene rings is 1. The first kappa shape index (κ1) is 19.4. The number of nitrogens with zero attached hydrogens (tertiary/aromatic N) is 6. The lowest BCUT2D eigenvalue weighted by Gasteiger charge is -2.34. The quantitative estimate of drug-likeness (QED) is 0.640. The van der Waals surface area contributed by atoms with E-state index in [-0.39, 0.29) is 13.1 Å². The Morgan fingerprint density at radius 1 is 0.966 bits per heavy atom. The molecule has 2 aromatic heterocycles. The Kier molecular flexibility index (Phi) is 5.01. The Bertz CT molecular complexity index is 1140. The first-order valence-corrected chi connectivity index (χ1v) is 10.3. The highest BCUT2D eigenvalue weighted by atomic mass is 32.2. The number of hydrogen-bond donors (Lipinski definition) is 0. The zero-order valence-corrected chi connectivity index (χ0v) is 16.4. The number of anilines is 1. The van der Waals surface area contributed by atoms with Gasteiger partial charge in [0.2, 0.25) is 10.0 Å². The molecular weight excluding hydrogens is 402 g/mol. The lowest BCUT2D eigenvalue weighted by atomic mass is 10.3. The maximum atomic E-state index is 14.0. The lowest BCUT2D eigenvalue weighted by molar-refractivity contribution is 0.381. The van der Waals surface area contributed by atoms with Gasteiger partial charge in [-0.3, -0.25) is 0 Å². The van der Waals surface area contributed by atoms with Gasteiger partial charge in [0.05, 0.1) is 5.69 Å². The summed E-state index contributed by atoms with van der Waals surface area (Å²) in [5.41, 5.74) is 0.855. The van der Waals surface area contributed by atoms with Gasteiger partial charge in [-0.15, -0.1) is 0 Å². The van der Waals surface area contributed by atoms with Gasteiger partial charge >= 0.3 is 0 Å². The van der Waals surface area contributed by atoms with Crippen LogP contribution in [0.2, 0.25) is 0 Å². The normalized spacial score (nSPS) is 15.6. The summed E-state index contributed by atoms with van der Waals surface area (Å²) in [6.45, 7) is 2.83. The molecule has 8 nitrogen and oxygen atoms in total. The van der Waals surface area contributed by atoms with Gasteiger partial charge in [-0.25, -0.2) is 31.8 Å². The zero-order chi connectivity index (χ0) is 20.6. The van der Waals surface area contributed by atoms with Crippen molar-refractivity contribution in [1.82, 2.24) is 24.1 Å². The fourth-order valence-corrected chi connectivity index (χ4v) is 4.65. The second-order valence-corrected chi connectivity index (χ2v) is 8.51. The molecule has 1 aliphatic heterocycles. The molecule has 0 aliphatic carbocycles. The number of sulfonamides is 1. The third-order valence-electron chi connectivity index (χ3n) is 4.67. The smallest absolute Gasteiger partial charge is 0.246 e. The molecule has 4 rings (SSSR count). The van der Waals surface area contributed by atoms with Crippen molar-refractivity contribution >= 4 is 15.8 Å². The standard InChI is InChI=1S/C18H18F2N6O2S/c1-13-4-5-26(23-13)18-11-17(21-12-22-18)24-6-8-25(9-7-24)29(27,28)16-10-14(19)2-3-15(16)20/h2-5,10-12H,6-9H2,1H3. The number of piperazine rings is 1. The Labute approximate surface area is 166 Å². The van der Waals surface area contributed by atoms with E-state index in [1.54, 1.807) is 16.9 Å². The van der Waals surface area contributed by atoms with Crippen LogP contribution in [0, 0.1) is 18.6 Å². The van der Waals surface area contributed by atoms with Crippen LogP contribution in [-0.2, 0) is 10.0 Å². The van der Waals surface area contributed by atoms with E-state index in [4.69, 9.17) is 0 Å². The van der Waals surface area contributed by atoms with Crippen molar-refractivity contribution in [3.05, 3.63) is 60.2 Å². The van der Waals surface area contributed by atoms with Crippen molar-refractivity contribution in [3.63, 3.8) is 0 Å². The topological polar surface area (TPSA) is 84.2 Å². The van der Waals surface area contributed by atoms with Gasteiger partial charge in [-0.2, -0.15) is 9.40 Å². The molecule has 11 heteroatoms. The summed E-state index contributed by atoms with van der Waals surface area (Å²) in [7, 11) is -4.12. The van der Waals surface area contributed by atoms with Crippen molar-refractivity contribution in [2.24, 2.45) is 0 Å². The van der Waals surface area contributed by atoms with Crippen LogP contribution in [-0.4, -0.2) is 58.7 Å². The highest BCUT2D eigenvalue weighted by Gasteiger charge is 2.31. The molecular formula is C18H18F2N6O2S. The first-order chi connectivity index (χ1) is 13.8. The number of halogens is 2. The summed E-state index contributed by atoms with van der Waals surface area (Å²) >= 11 is 0. The van der Waals surface area contributed by atoms with Gasteiger partial charge in [0.25, 0.3) is 0 Å². The molecule has 1 aromatic carbocycles. The van der Waals surface area contributed by atoms with E-state index in [0.717, 1.165) is 22.1 Å². The molecule has 0 atom stereocenters. The molecule has 3 heterocycles. The van der Waals surface area contributed by atoms with Crippen LogP contribution < -0.4 is 4.90 Å². The van der Waals surface area contributed by atoms with E-state index >= 15 is 0 Å². The van der Waals surface area contributed by atoms with E-state index in [1.807, 2.05) is 17.9 Å². The second kappa shape index (κ2) is 7.48. The van der Waals surface area contributed by atoms with Gasteiger partial charge in [-0.1, -0.05) is 0 Å². The third kappa shape index (κ3) is 3.83. The highest BCUT2D eigenvalue weighted by Crippen LogP contribution is 2.23. The van der Waals surface area contributed by atoms with Crippen LogP contribution in [0.5, 0.6) is 0 Å². The molecule has 1 fully saturated rings. The van der Waals surface area contributed by atoms with Crippen molar-refractivity contribution in [3.8, 4) is 5.82 Å². The van der Waals surface area contributed by atoms with Crippen LogP contribution in [0.15, 0.2) is 47.8 Å². The second-order valence-electron chi connectivity index (χ2n) is 6.60. The highest BCUT2D eigenvalue weighted by molar-refractivity contribution is 7.89. The molecule has 0 saturated carbocycles. The monoisotopic (exact) mass is 420 g/mol. The average molecular weight is 420 g/mol. The molecule has 0 unspecified atom stereocenters. The van der Waals surface area contributed by atoms with Crippen molar-refractivity contribution in [2.75, 3.05) is 31.1 Å². The number of rotatable bonds is 4. The molecule has 1 aliphatic rings. The fraction of sp³-hybridized carbons (Fsp3) is 0.278. The van der Waals surface area contributed by atoms with Gasteiger partial charge in [-0.05, 0) is 31.2 Å². The van der Waals surface area contributed by atoms with Crippen molar-refractivity contribution < 1.29 is 17.2 Å². The van der Waals surface area contributed by atoms with E-state index in [1.165, 1.54) is 6.33 Å². The molecule has 152 valence electrons. The van der Waals surface area contributed by atoms with Gasteiger partial charge in [0.1, 0.15) is 28.7 Å². The average Bonchev–Trinajstić information content (AvgIpc) is 3.16. The van der Waals surface area contributed by atoms with Crippen LogP contribution >= 0.6 is 0 Å². The number of aryl methyl sites for hydroxylation is 1. The van der Waals surface area contributed by atoms with Crippen LogP contribution in [0.3, 0.4) is 0 Å². The Morgan fingerprint density at radius 2 is 1.69 bits per heavy atom. The summed E-state index contributed by atoms with van der Waals surface area (Å²) in [5, 5.41) is 4.31. The summed E-state index contributed by atoms with van der Waals surface area (Å²) in [5.74, 6) is -0.535. The predicted molar refractivity (Wildman–Crippen MR) is 101 cm³/mol. The molecule has 29 heavy (non-hydrogen) atoms. The summed E-state index contributed by atoms with van der Waals surface area (Å²) in [6, 6.07) is 6.04. The number of aromatic nitrogens is 4. The molecule has 3 aromatic rings. The Morgan fingerprint density at radius 3 is 2.38 bits per heavy atom. The van der Waals surface area contributed by atoms with Gasteiger partial charge in [0.15, 0.2) is 5.82 Å². The zero-order valence-electron chi connectivity index (χ0n) is 15.5. The molecule has 0 N–H and O–H groups in total. The fourth-order valence-electron chi connectivity index (χ4n) is 3.15. The summed E-state index contributed by atoms with van der Waals surface area (Å²) < 4.78 is 55.6. The summed E-state index contributed by atoms with van der Waals surface area (Å²) in [4.78, 5) is 9.73. The summed E-state index contributed by atoms with van der Waals surface area (Å²) in [6.07, 6.45) is 3.21. The largest absolute Gasteiger partial charge is 0.354 e. The van der Waals surface area contributed by atoms with E-state index in [2.05, 4.69) is 15.1 Å². The molecule has 0 radical (unpaired) electrons. The molecule has 0 amide bonds. The van der Waals surface area contributed by atoms with Crippen LogP contribution in [0.1, 0.15) is 5.69 Å². The van der Waals surface area contributed by atoms with Crippen molar-refractivity contribution in [2.45, 2.75) is 11.8 Å². The molecule has 0 bridgehead atoms. The third-order valence-corrected chi connectivity index (χ3v) is 6.58. The van der Waals surface area contributed by atoms with E-state index in [9.17, 15) is 17.2 Å². The van der Waals surface area contributed by atoms with Crippen LogP contribution in [0.4, 0.5) is 14.6 Å². The van der Waals surface area contributed by atoms with E-state index < -0.39 is 26.6 Å². The van der Waals surface area contributed by atoms with Crippen LogP contribution in [0.25, 0.3) is 5.82 Å². The minimum Gasteiger partial charge on any atom is -0.354 e. The van der Waals surface area contributed by atoms with Gasteiger partial charge in [0, 0.05) is 38.4 Å². The van der Waals surface area contributed by atoms with Crippen molar-refractivity contribution in [1.29, 1.82) is 0 Å². The maximum Gasteiger partial charge on any atom is 0.246 e. The van der Waals surface area contributed by atoms with Gasteiger partial charge < -0.3 is 4.90 Å². The SMILES string of the molecule is Cc1ccn(-c2cc(N3CCN(S(=O)(=O)c4cc(F)ccc4F)CC3)ncn2)n1.